The first-order chi connectivity index (χ1) is 9.63. The first-order valence-electron chi connectivity index (χ1n) is 6.49. The number of hydrogen-bond acceptors (Lipinski definition) is 5. The molecule has 1 aromatic carbocycles. The summed E-state index contributed by atoms with van der Waals surface area (Å²) in [7, 11) is -3.97. The Morgan fingerprint density at radius 3 is 2.33 bits per heavy atom. The van der Waals surface area contributed by atoms with Gasteiger partial charge in [-0.05, 0) is 31.0 Å². The zero-order valence-corrected chi connectivity index (χ0v) is 12.8. The van der Waals surface area contributed by atoms with E-state index in [1.165, 1.54) is 12.1 Å². The molecule has 0 aliphatic carbocycles. The van der Waals surface area contributed by atoms with E-state index in [4.69, 9.17) is 10.2 Å². The van der Waals surface area contributed by atoms with Crippen molar-refractivity contribution in [3.8, 4) is 0 Å². The van der Waals surface area contributed by atoms with E-state index in [0.717, 1.165) is 6.07 Å². The lowest BCUT2D eigenvalue weighted by molar-refractivity contribution is 0.0455. The molecule has 1 aromatic rings. The van der Waals surface area contributed by atoms with Gasteiger partial charge in [-0.2, -0.15) is 0 Å². The summed E-state index contributed by atoms with van der Waals surface area (Å²) in [6.07, 6.45) is 1.02. The van der Waals surface area contributed by atoms with Gasteiger partial charge in [0, 0.05) is 12.2 Å². The molecule has 21 heavy (non-hydrogen) atoms. The van der Waals surface area contributed by atoms with E-state index >= 15 is 0 Å². The molecule has 0 bridgehead atoms. The Bertz CT molecular complexity index is 623. The molecule has 118 valence electrons. The molecule has 1 rings (SSSR count). The second-order valence-electron chi connectivity index (χ2n) is 4.84. The summed E-state index contributed by atoms with van der Waals surface area (Å²) in [5, 5.41) is 27.2. The van der Waals surface area contributed by atoms with Crippen LogP contribution in [0.4, 0.5) is 5.69 Å². The number of nitrogens with two attached hydrogens (primary N) is 1. The van der Waals surface area contributed by atoms with Gasteiger partial charge in [0.05, 0.1) is 16.1 Å². The minimum Gasteiger partial charge on any atom is -0.478 e. The molecule has 0 saturated carbocycles. The van der Waals surface area contributed by atoms with Gasteiger partial charge in [-0.25, -0.2) is 18.4 Å². The first-order valence-corrected chi connectivity index (χ1v) is 8.04. The predicted octanol–water partition coefficient (Wildman–Crippen LogP) is 0.995. The zero-order chi connectivity index (χ0) is 16.3. The molecule has 0 spiro atoms. The van der Waals surface area contributed by atoms with Gasteiger partial charge in [0.1, 0.15) is 0 Å². The Balaban J connectivity index is 3.11. The number of anilines is 1. The fourth-order valence-electron chi connectivity index (χ4n) is 1.79. The number of aromatic carboxylic acids is 1. The maximum atomic E-state index is 11.3. The lowest BCUT2D eigenvalue weighted by Gasteiger charge is -2.26. The number of carboxylic acid groups (broad SMARTS) is 1. The zero-order valence-electron chi connectivity index (χ0n) is 12.0. The van der Waals surface area contributed by atoms with Gasteiger partial charge in [-0.1, -0.05) is 13.8 Å². The van der Waals surface area contributed by atoms with Gasteiger partial charge >= 0.3 is 5.97 Å². The Labute approximate surface area is 123 Å². The SMILES string of the molecule is CCC(O)(CC)CNc1ccc(S(N)(=O)=O)cc1C(=O)O. The van der Waals surface area contributed by atoms with Gasteiger partial charge in [-0.3, -0.25) is 0 Å². The van der Waals surface area contributed by atoms with E-state index < -0.39 is 21.6 Å². The van der Waals surface area contributed by atoms with Gasteiger partial charge in [0.25, 0.3) is 0 Å². The molecule has 0 aliphatic heterocycles. The van der Waals surface area contributed by atoms with Gasteiger partial charge in [0.2, 0.25) is 10.0 Å². The number of nitrogens with one attached hydrogen (secondary N) is 1. The van der Waals surface area contributed by atoms with Crippen LogP contribution in [0.1, 0.15) is 37.0 Å². The molecule has 0 fully saturated rings. The summed E-state index contributed by atoms with van der Waals surface area (Å²) in [6, 6.07) is 3.55. The van der Waals surface area contributed by atoms with Gasteiger partial charge in [0.15, 0.2) is 0 Å². The molecule has 0 amide bonds. The van der Waals surface area contributed by atoms with Crippen LogP contribution in [0.2, 0.25) is 0 Å². The first kappa shape index (κ1) is 17.4. The van der Waals surface area contributed by atoms with Crippen molar-refractivity contribution < 1.29 is 23.4 Å². The third-order valence-electron chi connectivity index (χ3n) is 3.47. The third-order valence-corrected chi connectivity index (χ3v) is 4.39. The molecule has 0 radical (unpaired) electrons. The molecule has 0 aliphatic rings. The topological polar surface area (TPSA) is 130 Å². The highest BCUT2D eigenvalue weighted by Gasteiger charge is 2.23. The number of sulfonamides is 1. The molecular weight excluding hydrogens is 296 g/mol. The second kappa shape index (κ2) is 6.42. The van der Waals surface area contributed by atoms with Crippen molar-refractivity contribution in [3.05, 3.63) is 23.8 Å². The van der Waals surface area contributed by atoms with Crippen LogP contribution in [-0.4, -0.2) is 36.7 Å². The number of carboxylic acids is 1. The average molecular weight is 316 g/mol. The van der Waals surface area contributed by atoms with Crippen molar-refractivity contribution in [1.82, 2.24) is 0 Å². The maximum Gasteiger partial charge on any atom is 0.337 e. The molecule has 7 nitrogen and oxygen atoms in total. The molecule has 0 atom stereocenters. The number of carbonyl (C=O) groups is 1. The Morgan fingerprint density at radius 2 is 1.90 bits per heavy atom. The molecule has 5 N–H and O–H groups in total. The van der Waals surface area contributed by atoms with Crippen molar-refractivity contribution in [3.63, 3.8) is 0 Å². The summed E-state index contributed by atoms with van der Waals surface area (Å²) in [4.78, 5) is 11.0. The predicted molar refractivity (Wildman–Crippen MR) is 78.8 cm³/mol. The fourth-order valence-corrected chi connectivity index (χ4v) is 2.33. The summed E-state index contributed by atoms with van der Waals surface area (Å²) in [6.45, 7) is 3.82. The van der Waals surface area contributed by atoms with E-state index in [0.29, 0.717) is 12.8 Å². The number of benzene rings is 1. The van der Waals surface area contributed by atoms with Gasteiger partial charge < -0.3 is 15.5 Å². The van der Waals surface area contributed by atoms with Crippen molar-refractivity contribution in [2.24, 2.45) is 5.14 Å². The van der Waals surface area contributed by atoms with Crippen molar-refractivity contribution >= 4 is 21.7 Å². The van der Waals surface area contributed by atoms with E-state index in [1.54, 1.807) is 0 Å². The van der Waals surface area contributed by atoms with Crippen molar-refractivity contribution in [2.75, 3.05) is 11.9 Å². The average Bonchev–Trinajstić information content (AvgIpc) is 2.43. The van der Waals surface area contributed by atoms with E-state index in [9.17, 15) is 18.3 Å². The number of aliphatic hydroxyl groups is 1. The standard InChI is InChI=1S/C13H20N2O5S/c1-3-13(18,4-2)8-15-11-6-5-9(21(14,19)20)7-10(11)12(16)17/h5-7,15,18H,3-4,8H2,1-2H3,(H,16,17)(H2,14,19,20). The van der Waals surface area contributed by atoms with Gasteiger partial charge in [-0.15, -0.1) is 0 Å². The number of primary sulfonamides is 1. The van der Waals surface area contributed by atoms with Crippen LogP contribution < -0.4 is 10.5 Å². The molecule has 8 heteroatoms. The third kappa shape index (κ3) is 4.42. The Hall–Kier alpha value is -1.64. The normalized spacial score (nSPS) is 12.2. The highest BCUT2D eigenvalue weighted by molar-refractivity contribution is 7.89. The monoisotopic (exact) mass is 316 g/mol. The Morgan fingerprint density at radius 1 is 1.33 bits per heavy atom. The summed E-state index contributed by atoms with van der Waals surface area (Å²) in [5.74, 6) is -1.28. The number of hydrogen-bond donors (Lipinski definition) is 4. The molecular formula is C13H20N2O5S. The molecule has 0 aromatic heterocycles. The smallest absolute Gasteiger partial charge is 0.337 e. The fraction of sp³-hybridized carbons (Fsp3) is 0.462. The highest BCUT2D eigenvalue weighted by atomic mass is 32.2. The summed E-state index contributed by atoms with van der Waals surface area (Å²) >= 11 is 0. The van der Waals surface area contributed by atoms with E-state index in [1.807, 2.05) is 13.8 Å². The largest absolute Gasteiger partial charge is 0.478 e. The van der Waals surface area contributed by atoms with Crippen LogP contribution in [0.5, 0.6) is 0 Å². The van der Waals surface area contributed by atoms with Crippen LogP contribution in [0, 0.1) is 0 Å². The highest BCUT2D eigenvalue weighted by Crippen LogP contribution is 2.22. The molecule has 0 heterocycles. The van der Waals surface area contributed by atoms with E-state index in [2.05, 4.69) is 5.32 Å². The van der Waals surface area contributed by atoms with Crippen LogP contribution in [0.15, 0.2) is 23.1 Å². The molecule has 0 saturated heterocycles. The quantitative estimate of drug-likeness (QED) is 0.593. The number of rotatable bonds is 7. The maximum absolute atomic E-state index is 11.3. The van der Waals surface area contributed by atoms with Crippen molar-refractivity contribution in [1.29, 1.82) is 0 Å². The van der Waals surface area contributed by atoms with Crippen molar-refractivity contribution in [2.45, 2.75) is 37.2 Å². The van der Waals surface area contributed by atoms with E-state index in [-0.39, 0.29) is 22.7 Å². The minimum absolute atomic E-state index is 0.162. The van der Waals surface area contributed by atoms with Crippen LogP contribution in [-0.2, 0) is 10.0 Å². The van der Waals surface area contributed by atoms with Crippen LogP contribution in [0.25, 0.3) is 0 Å². The lowest BCUT2D eigenvalue weighted by Crippen LogP contribution is -2.35. The minimum atomic E-state index is -3.97. The second-order valence-corrected chi connectivity index (χ2v) is 6.40. The molecule has 0 unspecified atom stereocenters. The Kier molecular flexibility index (Phi) is 5.32. The summed E-state index contributed by atoms with van der Waals surface area (Å²) < 4.78 is 22.5. The summed E-state index contributed by atoms with van der Waals surface area (Å²) in [5.41, 5.74) is -0.930. The van der Waals surface area contributed by atoms with Crippen LogP contribution >= 0.6 is 0 Å². The lowest BCUT2D eigenvalue weighted by atomic mass is 9.97. The van der Waals surface area contributed by atoms with Crippen LogP contribution in [0.3, 0.4) is 0 Å².